The number of aromatic nitrogens is 2. The Kier molecular flexibility index (Phi) is 4.58. The highest BCUT2D eigenvalue weighted by Crippen LogP contribution is 2.46. The SMILES string of the molecule is Cn1cc(C(=O)N2CC(C(C)(C)C)c3ccccc32)c(C2CCCNC2)n1. The maximum absolute atomic E-state index is 13.6. The Balaban J connectivity index is 1.70. The predicted molar refractivity (Wildman–Crippen MR) is 108 cm³/mol. The van der Waals surface area contributed by atoms with E-state index in [9.17, 15) is 4.79 Å². The standard InChI is InChI=1S/C22H30N4O/c1-22(2,3)18-14-26(19-10-6-5-9-16(18)19)21(27)17-13-25(4)24-20(17)15-8-7-11-23-12-15/h5-6,9-10,13,15,18,23H,7-8,11-12,14H2,1-4H3. The normalized spacial score (nSPS) is 22.7. The van der Waals surface area contributed by atoms with Gasteiger partial charge in [-0.25, -0.2) is 0 Å². The van der Waals surface area contributed by atoms with Gasteiger partial charge in [0.15, 0.2) is 0 Å². The number of rotatable bonds is 2. The van der Waals surface area contributed by atoms with Crippen LogP contribution in [-0.4, -0.2) is 35.3 Å². The fourth-order valence-corrected chi connectivity index (χ4v) is 4.54. The summed E-state index contributed by atoms with van der Waals surface area (Å²) >= 11 is 0. The summed E-state index contributed by atoms with van der Waals surface area (Å²) in [4.78, 5) is 15.6. The number of para-hydroxylation sites is 1. The molecule has 4 rings (SSSR count). The largest absolute Gasteiger partial charge is 0.316 e. The molecule has 2 aromatic rings. The molecule has 2 unspecified atom stereocenters. The van der Waals surface area contributed by atoms with Crippen molar-refractivity contribution in [3.05, 3.63) is 47.3 Å². The molecule has 2 aliphatic rings. The lowest BCUT2D eigenvalue weighted by Gasteiger charge is -2.28. The number of aryl methyl sites for hydroxylation is 1. The number of carbonyl (C=O) groups excluding carboxylic acids is 1. The maximum atomic E-state index is 13.6. The molecule has 1 fully saturated rings. The minimum atomic E-state index is 0.0860. The number of piperidine rings is 1. The van der Waals surface area contributed by atoms with Gasteiger partial charge in [-0.05, 0) is 36.4 Å². The Morgan fingerprint density at radius 1 is 1.26 bits per heavy atom. The molecule has 1 aromatic carbocycles. The summed E-state index contributed by atoms with van der Waals surface area (Å²) in [6.45, 7) is 9.46. The summed E-state index contributed by atoms with van der Waals surface area (Å²) in [5, 5.41) is 8.13. The Morgan fingerprint density at radius 2 is 2.04 bits per heavy atom. The van der Waals surface area contributed by atoms with Crippen LogP contribution in [0.3, 0.4) is 0 Å². The first-order valence-corrected chi connectivity index (χ1v) is 10.0. The van der Waals surface area contributed by atoms with Crippen LogP contribution in [0.5, 0.6) is 0 Å². The van der Waals surface area contributed by atoms with Crippen molar-refractivity contribution in [1.29, 1.82) is 0 Å². The van der Waals surface area contributed by atoms with Gasteiger partial charge in [-0.3, -0.25) is 9.48 Å². The van der Waals surface area contributed by atoms with Crippen molar-refractivity contribution in [3.8, 4) is 0 Å². The van der Waals surface area contributed by atoms with E-state index in [2.05, 4.69) is 49.4 Å². The van der Waals surface area contributed by atoms with Crippen LogP contribution in [0.2, 0.25) is 0 Å². The molecule has 5 nitrogen and oxygen atoms in total. The zero-order chi connectivity index (χ0) is 19.2. The molecule has 0 radical (unpaired) electrons. The van der Waals surface area contributed by atoms with Crippen LogP contribution in [-0.2, 0) is 7.05 Å². The second-order valence-electron chi connectivity index (χ2n) is 9.04. The highest BCUT2D eigenvalue weighted by molar-refractivity contribution is 6.08. The van der Waals surface area contributed by atoms with E-state index in [1.807, 2.05) is 24.2 Å². The third-order valence-corrected chi connectivity index (χ3v) is 6.03. The van der Waals surface area contributed by atoms with Gasteiger partial charge in [0.05, 0.1) is 11.3 Å². The number of hydrogen-bond donors (Lipinski definition) is 1. The number of nitrogens with one attached hydrogen (secondary N) is 1. The molecule has 1 saturated heterocycles. The number of amides is 1. The fraction of sp³-hybridized carbons (Fsp3) is 0.545. The third kappa shape index (κ3) is 3.29. The lowest BCUT2D eigenvalue weighted by molar-refractivity contribution is 0.0984. The molecule has 5 heteroatoms. The van der Waals surface area contributed by atoms with Gasteiger partial charge in [0.1, 0.15) is 0 Å². The van der Waals surface area contributed by atoms with Gasteiger partial charge in [-0.15, -0.1) is 0 Å². The summed E-state index contributed by atoms with van der Waals surface area (Å²) < 4.78 is 1.79. The van der Waals surface area contributed by atoms with Crippen LogP contribution >= 0.6 is 0 Å². The van der Waals surface area contributed by atoms with E-state index >= 15 is 0 Å². The van der Waals surface area contributed by atoms with Gasteiger partial charge in [0.2, 0.25) is 0 Å². The zero-order valence-corrected chi connectivity index (χ0v) is 16.8. The quantitative estimate of drug-likeness (QED) is 0.882. The Bertz CT molecular complexity index is 842. The van der Waals surface area contributed by atoms with Crippen LogP contribution in [0.25, 0.3) is 0 Å². The van der Waals surface area contributed by atoms with E-state index in [1.54, 1.807) is 4.68 Å². The second kappa shape index (κ2) is 6.79. The molecular formula is C22H30N4O. The summed E-state index contributed by atoms with van der Waals surface area (Å²) in [5.74, 6) is 0.743. The Hall–Kier alpha value is -2.14. The lowest BCUT2D eigenvalue weighted by atomic mass is 9.78. The number of anilines is 1. The van der Waals surface area contributed by atoms with Crippen LogP contribution in [0, 0.1) is 5.41 Å². The van der Waals surface area contributed by atoms with E-state index in [1.165, 1.54) is 5.56 Å². The molecule has 0 saturated carbocycles. The molecule has 2 aliphatic heterocycles. The number of carbonyl (C=O) groups is 1. The van der Waals surface area contributed by atoms with Crippen LogP contribution in [0.4, 0.5) is 5.69 Å². The highest BCUT2D eigenvalue weighted by Gasteiger charge is 2.40. The first kappa shape index (κ1) is 18.2. The van der Waals surface area contributed by atoms with Gasteiger partial charge in [-0.1, -0.05) is 39.0 Å². The van der Waals surface area contributed by atoms with Crippen molar-refractivity contribution in [2.45, 2.75) is 45.4 Å². The molecule has 1 N–H and O–H groups in total. The summed E-state index contributed by atoms with van der Waals surface area (Å²) in [7, 11) is 1.91. The van der Waals surface area contributed by atoms with Crippen LogP contribution in [0.15, 0.2) is 30.5 Å². The topological polar surface area (TPSA) is 50.2 Å². The van der Waals surface area contributed by atoms with Crippen molar-refractivity contribution >= 4 is 11.6 Å². The molecule has 1 aromatic heterocycles. The van der Waals surface area contributed by atoms with Crippen molar-refractivity contribution in [3.63, 3.8) is 0 Å². The molecule has 2 atom stereocenters. The summed E-state index contributed by atoms with van der Waals surface area (Å²) in [6.07, 6.45) is 4.12. The molecule has 144 valence electrons. The van der Waals surface area contributed by atoms with E-state index in [4.69, 9.17) is 0 Å². The average molecular weight is 367 g/mol. The second-order valence-corrected chi connectivity index (χ2v) is 9.04. The lowest BCUT2D eigenvalue weighted by Crippen LogP contribution is -2.34. The van der Waals surface area contributed by atoms with Crippen LogP contribution < -0.4 is 10.2 Å². The van der Waals surface area contributed by atoms with E-state index in [0.717, 1.165) is 49.4 Å². The molecule has 27 heavy (non-hydrogen) atoms. The summed E-state index contributed by atoms with van der Waals surface area (Å²) in [5.41, 5.74) is 4.15. The van der Waals surface area contributed by atoms with Gasteiger partial charge in [0, 0.05) is 43.9 Å². The molecule has 3 heterocycles. The minimum Gasteiger partial charge on any atom is -0.316 e. The highest BCUT2D eigenvalue weighted by atomic mass is 16.2. The Morgan fingerprint density at radius 3 is 2.74 bits per heavy atom. The molecular weight excluding hydrogens is 336 g/mol. The average Bonchev–Trinajstić information content (AvgIpc) is 3.23. The first-order chi connectivity index (χ1) is 12.9. The fourth-order valence-electron chi connectivity index (χ4n) is 4.54. The molecule has 1 amide bonds. The van der Waals surface area contributed by atoms with E-state index < -0.39 is 0 Å². The van der Waals surface area contributed by atoms with E-state index in [0.29, 0.717) is 11.8 Å². The van der Waals surface area contributed by atoms with Gasteiger partial charge < -0.3 is 10.2 Å². The van der Waals surface area contributed by atoms with Crippen molar-refractivity contribution in [2.24, 2.45) is 12.5 Å². The number of hydrogen-bond acceptors (Lipinski definition) is 3. The monoisotopic (exact) mass is 366 g/mol. The predicted octanol–water partition coefficient (Wildman–Crippen LogP) is 3.68. The van der Waals surface area contributed by atoms with Crippen LogP contribution in [0.1, 0.15) is 67.1 Å². The van der Waals surface area contributed by atoms with Crippen molar-refractivity contribution < 1.29 is 4.79 Å². The van der Waals surface area contributed by atoms with Gasteiger partial charge in [-0.2, -0.15) is 5.10 Å². The number of fused-ring (bicyclic) bond motifs is 1. The zero-order valence-electron chi connectivity index (χ0n) is 16.8. The molecule has 0 bridgehead atoms. The molecule has 0 aliphatic carbocycles. The van der Waals surface area contributed by atoms with Gasteiger partial charge >= 0.3 is 0 Å². The van der Waals surface area contributed by atoms with Crippen molar-refractivity contribution in [1.82, 2.24) is 15.1 Å². The van der Waals surface area contributed by atoms with Gasteiger partial charge in [0.25, 0.3) is 5.91 Å². The maximum Gasteiger partial charge on any atom is 0.261 e. The first-order valence-electron chi connectivity index (χ1n) is 10.0. The number of nitrogens with zero attached hydrogens (tertiary/aromatic N) is 3. The minimum absolute atomic E-state index is 0.0860. The molecule has 0 spiro atoms. The smallest absolute Gasteiger partial charge is 0.261 e. The third-order valence-electron chi connectivity index (χ3n) is 6.03. The number of benzene rings is 1. The summed E-state index contributed by atoms with van der Waals surface area (Å²) in [6, 6.07) is 8.36. The van der Waals surface area contributed by atoms with E-state index in [-0.39, 0.29) is 11.3 Å². The Labute approximate surface area is 161 Å². The van der Waals surface area contributed by atoms with Crippen molar-refractivity contribution in [2.75, 3.05) is 24.5 Å².